The molecule has 0 saturated heterocycles. The number of para-hydroxylation sites is 1. The van der Waals surface area contributed by atoms with Gasteiger partial charge in [0, 0.05) is 28.6 Å². The first kappa shape index (κ1) is 22.3. The van der Waals surface area contributed by atoms with Crippen LogP contribution in [0.1, 0.15) is 27.6 Å². The van der Waals surface area contributed by atoms with Crippen LogP contribution in [0, 0.1) is 0 Å². The van der Waals surface area contributed by atoms with Crippen molar-refractivity contribution in [2.45, 2.75) is 6.92 Å². The van der Waals surface area contributed by atoms with E-state index in [1.807, 2.05) is 13.0 Å². The van der Waals surface area contributed by atoms with E-state index in [1.165, 1.54) is 0 Å². The van der Waals surface area contributed by atoms with Crippen molar-refractivity contribution < 1.29 is 19.1 Å². The average molecular weight is 439 g/mol. The van der Waals surface area contributed by atoms with E-state index in [-0.39, 0.29) is 11.8 Å². The summed E-state index contributed by atoms with van der Waals surface area (Å²) in [6.45, 7) is 3.34. The Labute approximate surface area is 186 Å². The van der Waals surface area contributed by atoms with Crippen molar-refractivity contribution in [1.29, 1.82) is 0 Å². The zero-order chi connectivity index (χ0) is 22.1. The Hall–Kier alpha value is -3.35. The monoisotopic (exact) mass is 438 g/mol. The Morgan fingerprint density at radius 2 is 1.42 bits per heavy atom. The Bertz CT molecular complexity index is 1020. The summed E-state index contributed by atoms with van der Waals surface area (Å²) < 4.78 is 10.9. The van der Waals surface area contributed by atoms with Crippen molar-refractivity contribution >= 4 is 34.8 Å². The number of hydrogen-bond donors (Lipinski definition) is 2. The number of halogens is 1. The number of anilines is 2. The summed E-state index contributed by atoms with van der Waals surface area (Å²) in [5.74, 6) is -0.0388. The van der Waals surface area contributed by atoms with Crippen LogP contribution in [0.15, 0.2) is 72.8 Å². The summed E-state index contributed by atoms with van der Waals surface area (Å²) in [6.07, 6.45) is 0. The van der Waals surface area contributed by atoms with Crippen LogP contribution in [-0.2, 0) is 4.74 Å². The van der Waals surface area contributed by atoms with Crippen LogP contribution in [0.3, 0.4) is 0 Å². The fourth-order valence-electron chi connectivity index (χ4n) is 2.77. The molecular weight excluding hydrogens is 416 g/mol. The Kier molecular flexibility index (Phi) is 8.04. The zero-order valence-corrected chi connectivity index (χ0v) is 17.8. The molecule has 3 aromatic carbocycles. The summed E-state index contributed by atoms with van der Waals surface area (Å²) in [4.78, 5) is 25.0. The van der Waals surface area contributed by atoms with Crippen LogP contribution < -0.4 is 15.4 Å². The highest BCUT2D eigenvalue weighted by Gasteiger charge is 2.13. The van der Waals surface area contributed by atoms with E-state index in [9.17, 15) is 9.59 Å². The maximum atomic E-state index is 12.7. The van der Waals surface area contributed by atoms with Gasteiger partial charge in [0.1, 0.15) is 12.4 Å². The highest BCUT2D eigenvalue weighted by molar-refractivity contribution is 6.30. The summed E-state index contributed by atoms with van der Waals surface area (Å²) in [7, 11) is 0. The second-order valence-electron chi connectivity index (χ2n) is 6.53. The maximum Gasteiger partial charge on any atom is 0.259 e. The van der Waals surface area contributed by atoms with Crippen LogP contribution in [-0.4, -0.2) is 31.6 Å². The Morgan fingerprint density at radius 3 is 2.06 bits per heavy atom. The van der Waals surface area contributed by atoms with E-state index in [0.717, 1.165) is 0 Å². The molecule has 0 saturated carbocycles. The minimum atomic E-state index is -0.287. The number of rotatable bonds is 9. The standard InChI is InChI=1S/C24H23ClN2O4/c1-2-30-15-16-31-22-6-4-3-5-21(22)24(29)27-20-13-11-19(12-14-20)26-23(28)17-7-9-18(25)10-8-17/h3-14H,2,15-16H2,1H3,(H,26,28)(H,27,29). The third kappa shape index (κ3) is 6.57. The molecule has 0 aliphatic rings. The largest absolute Gasteiger partial charge is 0.490 e. The molecular formula is C24H23ClN2O4. The number of nitrogens with one attached hydrogen (secondary N) is 2. The predicted molar refractivity (Wildman–Crippen MR) is 122 cm³/mol. The number of amides is 2. The van der Waals surface area contributed by atoms with Crippen molar-refractivity contribution in [2.75, 3.05) is 30.5 Å². The first-order valence-corrected chi connectivity index (χ1v) is 10.2. The number of ether oxygens (including phenoxy) is 2. The normalized spacial score (nSPS) is 10.4. The summed E-state index contributed by atoms with van der Waals surface area (Å²) in [5.41, 5.74) is 2.14. The number of carbonyl (C=O) groups excluding carboxylic acids is 2. The van der Waals surface area contributed by atoms with Gasteiger partial charge in [-0.1, -0.05) is 23.7 Å². The lowest BCUT2D eigenvalue weighted by Gasteiger charge is -2.12. The molecule has 0 aromatic heterocycles. The van der Waals surface area contributed by atoms with Gasteiger partial charge in [-0.15, -0.1) is 0 Å². The van der Waals surface area contributed by atoms with E-state index in [0.29, 0.717) is 53.1 Å². The molecule has 2 amide bonds. The van der Waals surface area contributed by atoms with Gasteiger partial charge in [-0.25, -0.2) is 0 Å². The second-order valence-corrected chi connectivity index (χ2v) is 6.97. The maximum absolute atomic E-state index is 12.7. The predicted octanol–water partition coefficient (Wildman–Crippen LogP) is 5.26. The first-order chi connectivity index (χ1) is 15.1. The van der Waals surface area contributed by atoms with Gasteiger partial charge < -0.3 is 20.1 Å². The highest BCUT2D eigenvalue weighted by Crippen LogP contribution is 2.21. The lowest BCUT2D eigenvalue weighted by molar-refractivity contribution is 0.0996. The molecule has 0 unspecified atom stereocenters. The van der Waals surface area contributed by atoms with E-state index in [1.54, 1.807) is 66.7 Å². The number of benzene rings is 3. The molecule has 0 atom stereocenters. The van der Waals surface area contributed by atoms with Crippen molar-refractivity contribution in [3.05, 3.63) is 88.9 Å². The zero-order valence-electron chi connectivity index (χ0n) is 17.1. The second kappa shape index (κ2) is 11.2. The van der Waals surface area contributed by atoms with E-state index >= 15 is 0 Å². The van der Waals surface area contributed by atoms with E-state index in [4.69, 9.17) is 21.1 Å². The minimum Gasteiger partial charge on any atom is -0.490 e. The molecule has 31 heavy (non-hydrogen) atoms. The van der Waals surface area contributed by atoms with Crippen LogP contribution in [0.4, 0.5) is 11.4 Å². The molecule has 160 valence electrons. The van der Waals surface area contributed by atoms with Crippen LogP contribution >= 0.6 is 11.6 Å². The average Bonchev–Trinajstić information content (AvgIpc) is 2.78. The summed E-state index contributed by atoms with van der Waals surface area (Å²) in [5, 5.41) is 6.21. The smallest absolute Gasteiger partial charge is 0.259 e. The number of carbonyl (C=O) groups is 2. The van der Waals surface area contributed by atoms with Gasteiger partial charge in [-0.05, 0) is 67.6 Å². The van der Waals surface area contributed by atoms with Crippen LogP contribution in [0.5, 0.6) is 5.75 Å². The van der Waals surface area contributed by atoms with Gasteiger partial charge in [-0.3, -0.25) is 9.59 Å². The molecule has 0 aliphatic carbocycles. The molecule has 7 heteroatoms. The minimum absolute atomic E-state index is 0.244. The lowest BCUT2D eigenvalue weighted by Crippen LogP contribution is -2.15. The topological polar surface area (TPSA) is 76.7 Å². The fourth-order valence-corrected chi connectivity index (χ4v) is 2.90. The summed E-state index contributed by atoms with van der Waals surface area (Å²) >= 11 is 5.85. The molecule has 3 aromatic rings. The van der Waals surface area contributed by atoms with Gasteiger partial charge in [0.25, 0.3) is 11.8 Å². The van der Waals surface area contributed by atoms with Crippen LogP contribution in [0.2, 0.25) is 5.02 Å². The summed E-state index contributed by atoms with van der Waals surface area (Å²) in [6, 6.07) is 20.5. The molecule has 0 spiro atoms. The third-order valence-electron chi connectivity index (χ3n) is 4.33. The molecule has 0 bridgehead atoms. The van der Waals surface area contributed by atoms with Gasteiger partial charge in [0.05, 0.1) is 12.2 Å². The molecule has 3 rings (SSSR count). The quantitative estimate of drug-likeness (QED) is 0.447. The SMILES string of the molecule is CCOCCOc1ccccc1C(=O)Nc1ccc(NC(=O)c2ccc(Cl)cc2)cc1. The van der Waals surface area contributed by atoms with Crippen molar-refractivity contribution in [3.8, 4) is 5.75 Å². The Balaban J connectivity index is 1.60. The molecule has 0 fully saturated rings. The number of hydrogen-bond acceptors (Lipinski definition) is 4. The van der Waals surface area contributed by atoms with Crippen molar-refractivity contribution in [1.82, 2.24) is 0 Å². The molecule has 0 heterocycles. The van der Waals surface area contributed by atoms with Gasteiger partial charge >= 0.3 is 0 Å². The van der Waals surface area contributed by atoms with Gasteiger partial charge in [0.2, 0.25) is 0 Å². The fraction of sp³-hybridized carbons (Fsp3) is 0.167. The third-order valence-corrected chi connectivity index (χ3v) is 4.58. The van der Waals surface area contributed by atoms with E-state index in [2.05, 4.69) is 10.6 Å². The Morgan fingerprint density at radius 1 is 0.806 bits per heavy atom. The highest BCUT2D eigenvalue weighted by atomic mass is 35.5. The molecule has 6 nitrogen and oxygen atoms in total. The van der Waals surface area contributed by atoms with E-state index < -0.39 is 0 Å². The molecule has 2 N–H and O–H groups in total. The first-order valence-electron chi connectivity index (χ1n) is 9.84. The van der Waals surface area contributed by atoms with Crippen LogP contribution in [0.25, 0.3) is 0 Å². The molecule has 0 radical (unpaired) electrons. The van der Waals surface area contributed by atoms with Gasteiger partial charge in [0.15, 0.2) is 0 Å². The van der Waals surface area contributed by atoms with Crippen molar-refractivity contribution in [2.24, 2.45) is 0 Å². The van der Waals surface area contributed by atoms with Gasteiger partial charge in [-0.2, -0.15) is 0 Å². The molecule has 0 aliphatic heterocycles. The van der Waals surface area contributed by atoms with Crippen molar-refractivity contribution in [3.63, 3.8) is 0 Å². The lowest BCUT2D eigenvalue weighted by atomic mass is 10.1.